The molecule has 1 aliphatic rings. The minimum Gasteiger partial charge on any atom is -0.342 e. The molecule has 1 aromatic carbocycles. The molecule has 1 amide bonds. The third kappa shape index (κ3) is 4.23. The Kier molecular flexibility index (Phi) is 5.84. The van der Waals surface area contributed by atoms with Crippen molar-refractivity contribution in [1.29, 1.82) is 0 Å². The second-order valence-electron chi connectivity index (χ2n) is 6.90. The fourth-order valence-corrected chi connectivity index (χ4v) is 3.70. The Morgan fingerprint density at radius 3 is 2.70 bits per heavy atom. The Morgan fingerprint density at radius 2 is 2.00 bits per heavy atom. The first-order valence-corrected chi connectivity index (χ1v) is 10.7. The van der Waals surface area contributed by atoms with Gasteiger partial charge in [-0.05, 0) is 43.7 Å². The van der Waals surface area contributed by atoms with E-state index in [0.717, 1.165) is 42.9 Å². The van der Waals surface area contributed by atoms with Crippen LogP contribution >= 0.6 is 11.8 Å². The number of carbonyl (C=O) groups excluding carboxylic acids is 1. The number of halogens is 1. The molecule has 154 valence electrons. The van der Waals surface area contributed by atoms with Gasteiger partial charge in [-0.1, -0.05) is 17.8 Å². The second-order valence-corrected chi connectivity index (χ2v) is 7.67. The zero-order valence-electron chi connectivity index (χ0n) is 16.5. The van der Waals surface area contributed by atoms with Crippen molar-refractivity contribution >= 4 is 29.2 Å². The van der Waals surface area contributed by atoms with Crippen molar-refractivity contribution in [2.75, 3.05) is 23.0 Å². The Morgan fingerprint density at radius 1 is 1.20 bits per heavy atom. The molecule has 1 N–H and O–H groups in total. The molecule has 0 saturated carbocycles. The van der Waals surface area contributed by atoms with Crippen molar-refractivity contribution in [3.05, 3.63) is 48.2 Å². The number of aryl methyl sites for hydroxylation is 1. The van der Waals surface area contributed by atoms with E-state index >= 15 is 0 Å². The third-order valence-corrected chi connectivity index (χ3v) is 5.48. The van der Waals surface area contributed by atoms with E-state index in [2.05, 4.69) is 30.5 Å². The number of nitrogens with one attached hydrogen (secondary N) is 1. The summed E-state index contributed by atoms with van der Waals surface area (Å²) in [5.41, 5.74) is 2.29. The first-order valence-electron chi connectivity index (χ1n) is 9.45. The van der Waals surface area contributed by atoms with E-state index < -0.39 is 5.82 Å². The Bertz CT molecular complexity index is 1050. The monoisotopic (exact) mass is 425 g/mol. The molecule has 0 radical (unpaired) electrons. The predicted octanol–water partition coefficient (Wildman–Crippen LogP) is 3.11. The van der Waals surface area contributed by atoms with Gasteiger partial charge in [-0.3, -0.25) is 4.79 Å². The van der Waals surface area contributed by atoms with E-state index in [9.17, 15) is 9.18 Å². The first kappa shape index (κ1) is 20.1. The lowest BCUT2D eigenvalue weighted by Gasteiger charge is -2.24. The number of hydrogen-bond acceptors (Lipinski definition) is 8. The van der Waals surface area contributed by atoms with Gasteiger partial charge in [-0.25, -0.2) is 19.3 Å². The van der Waals surface area contributed by atoms with Crippen molar-refractivity contribution in [1.82, 2.24) is 25.1 Å². The van der Waals surface area contributed by atoms with Gasteiger partial charge in [0.1, 0.15) is 6.04 Å². The average molecular weight is 425 g/mol. The van der Waals surface area contributed by atoms with Crippen LogP contribution in [0.4, 0.5) is 15.9 Å². The number of nitrogens with zero attached hydrogens (tertiary/aromatic N) is 6. The summed E-state index contributed by atoms with van der Waals surface area (Å²) in [6, 6.07) is 5.15. The first-order chi connectivity index (χ1) is 14.5. The summed E-state index contributed by atoms with van der Waals surface area (Å²) in [6.45, 7) is 2.63. The molecule has 10 heteroatoms. The van der Waals surface area contributed by atoms with Crippen molar-refractivity contribution in [3.63, 3.8) is 0 Å². The Balaban J connectivity index is 1.52. The predicted molar refractivity (Wildman–Crippen MR) is 113 cm³/mol. The number of anilines is 2. The molecule has 8 nitrogen and oxygen atoms in total. The molecule has 3 heterocycles. The number of hydrogen-bond donors (Lipinski definition) is 1. The number of rotatable bonds is 5. The Labute approximate surface area is 177 Å². The van der Waals surface area contributed by atoms with Crippen molar-refractivity contribution in [2.45, 2.75) is 31.0 Å². The van der Waals surface area contributed by atoms with Gasteiger partial charge in [0, 0.05) is 17.8 Å². The van der Waals surface area contributed by atoms with Crippen LogP contribution in [0.15, 0.2) is 41.9 Å². The van der Waals surface area contributed by atoms with Gasteiger partial charge < -0.3 is 10.2 Å². The van der Waals surface area contributed by atoms with Crippen LogP contribution in [-0.2, 0) is 4.79 Å². The highest BCUT2D eigenvalue weighted by atomic mass is 32.2. The summed E-state index contributed by atoms with van der Waals surface area (Å²) >= 11 is 1.42. The number of aromatic nitrogens is 5. The highest BCUT2D eigenvalue weighted by Crippen LogP contribution is 2.27. The van der Waals surface area contributed by atoms with Gasteiger partial charge >= 0.3 is 0 Å². The van der Waals surface area contributed by atoms with E-state index in [1.807, 2.05) is 30.2 Å². The maximum Gasteiger partial charge on any atom is 0.247 e. The molecular formula is C20H20FN7OS. The fourth-order valence-electron chi connectivity index (χ4n) is 3.41. The molecule has 30 heavy (non-hydrogen) atoms. The molecule has 1 aliphatic heterocycles. The van der Waals surface area contributed by atoms with Gasteiger partial charge in [-0.15, -0.1) is 10.2 Å². The average Bonchev–Trinajstić information content (AvgIpc) is 3.26. The summed E-state index contributed by atoms with van der Waals surface area (Å²) < 4.78 is 13.1. The summed E-state index contributed by atoms with van der Waals surface area (Å²) in [5.74, 6) is 0.376. The highest BCUT2D eigenvalue weighted by Gasteiger charge is 2.32. The van der Waals surface area contributed by atoms with Crippen molar-refractivity contribution in [3.8, 4) is 11.4 Å². The zero-order valence-corrected chi connectivity index (χ0v) is 17.4. The van der Waals surface area contributed by atoms with Gasteiger partial charge in [-0.2, -0.15) is 0 Å². The summed E-state index contributed by atoms with van der Waals surface area (Å²) in [4.78, 5) is 27.3. The molecule has 0 bridgehead atoms. The van der Waals surface area contributed by atoms with E-state index in [1.54, 1.807) is 12.3 Å². The van der Waals surface area contributed by atoms with Crippen molar-refractivity contribution in [2.24, 2.45) is 0 Å². The molecule has 0 spiro atoms. The maximum absolute atomic E-state index is 13.1. The second kappa shape index (κ2) is 8.70. The number of thioether (sulfide) groups is 1. The zero-order chi connectivity index (χ0) is 21.1. The molecule has 2 aromatic heterocycles. The normalized spacial score (nSPS) is 16.0. The van der Waals surface area contributed by atoms with E-state index in [4.69, 9.17) is 0 Å². The topological polar surface area (TPSA) is 96.8 Å². The van der Waals surface area contributed by atoms with Crippen LogP contribution in [0.2, 0.25) is 0 Å². The summed E-state index contributed by atoms with van der Waals surface area (Å²) in [6.07, 6.45) is 7.39. The molecule has 0 aliphatic carbocycles. The van der Waals surface area contributed by atoms with Gasteiger partial charge in [0.25, 0.3) is 0 Å². The Hall–Kier alpha value is -3.14. The number of carbonyl (C=O) groups is 1. The highest BCUT2D eigenvalue weighted by molar-refractivity contribution is 7.98. The quantitative estimate of drug-likeness (QED) is 0.623. The van der Waals surface area contributed by atoms with E-state index in [0.29, 0.717) is 22.5 Å². The molecule has 1 unspecified atom stereocenters. The van der Waals surface area contributed by atoms with Crippen LogP contribution < -0.4 is 10.2 Å². The van der Waals surface area contributed by atoms with Gasteiger partial charge in [0.05, 0.1) is 18.6 Å². The van der Waals surface area contributed by atoms with Crippen LogP contribution in [0.25, 0.3) is 11.4 Å². The lowest BCUT2D eigenvalue weighted by atomic mass is 10.1. The lowest BCUT2D eigenvalue weighted by Crippen LogP contribution is -2.40. The standard InChI is InChI=1S/C20H20FN7OS/c1-12-5-6-14(8-15(12)18-22-9-13(21)10-23-18)25-19(29)16-4-3-7-28(16)17-11-24-20(30-2)27-26-17/h5-6,8-11,16H,3-4,7H2,1-2H3,(H,25,29). The number of benzene rings is 1. The lowest BCUT2D eigenvalue weighted by molar-refractivity contribution is -0.117. The van der Waals surface area contributed by atoms with Crippen LogP contribution in [0.1, 0.15) is 18.4 Å². The summed E-state index contributed by atoms with van der Waals surface area (Å²) in [7, 11) is 0. The van der Waals surface area contributed by atoms with E-state index in [-0.39, 0.29) is 11.9 Å². The number of amides is 1. The van der Waals surface area contributed by atoms with Crippen LogP contribution in [-0.4, -0.2) is 49.9 Å². The van der Waals surface area contributed by atoms with Gasteiger partial charge in [0.2, 0.25) is 11.1 Å². The van der Waals surface area contributed by atoms with Gasteiger partial charge in [0.15, 0.2) is 17.5 Å². The molecule has 1 saturated heterocycles. The maximum atomic E-state index is 13.1. The minimum atomic E-state index is -0.495. The minimum absolute atomic E-state index is 0.127. The van der Waals surface area contributed by atoms with Crippen molar-refractivity contribution < 1.29 is 9.18 Å². The molecule has 4 rings (SSSR count). The van der Waals surface area contributed by atoms with Crippen LogP contribution in [0.3, 0.4) is 0 Å². The largest absolute Gasteiger partial charge is 0.342 e. The summed E-state index contributed by atoms with van der Waals surface area (Å²) in [5, 5.41) is 11.8. The third-order valence-electron chi connectivity index (χ3n) is 4.93. The SMILES string of the molecule is CSc1ncc(N2CCCC2C(=O)Nc2ccc(C)c(-c3ncc(F)cn3)c2)nn1. The van der Waals surface area contributed by atoms with Crippen LogP contribution in [0, 0.1) is 12.7 Å². The molecule has 1 atom stereocenters. The molecule has 1 fully saturated rings. The smallest absolute Gasteiger partial charge is 0.247 e. The van der Waals surface area contributed by atoms with Crippen LogP contribution in [0.5, 0.6) is 0 Å². The molecular weight excluding hydrogens is 405 g/mol. The van der Waals surface area contributed by atoms with E-state index in [1.165, 1.54) is 11.8 Å². The fraction of sp³-hybridized carbons (Fsp3) is 0.300. The molecule has 3 aromatic rings.